The van der Waals surface area contributed by atoms with Crippen molar-refractivity contribution in [2.75, 3.05) is 6.54 Å². The highest BCUT2D eigenvalue weighted by Crippen LogP contribution is 2.28. The van der Waals surface area contributed by atoms with Gasteiger partial charge in [-0.15, -0.1) is 6.58 Å². The number of nitrogens with one attached hydrogen (secondary N) is 1. The van der Waals surface area contributed by atoms with E-state index in [-0.39, 0.29) is 12.5 Å². The van der Waals surface area contributed by atoms with E-state index in [1.54, 1.807) is 0 Å². The summed E-state index contributed by atoms with van der Waals surface area (Å²) >= 11 is 0. The van der Waals surface area contributed by atoms with Crippen molar-refractivity contribution in [1.29, 1.82) is 0 Å². The lowest BCUT2D eigenvalue weighted by atomic mass is 9.92. The third kappa shape index (κ3) is 2.79. The lowest BCUT2D eigenvalue weighted by molar-refractivity contribution is -0.143. The largest absolute Gasteiger partial charge is 0.480 e. The van der Waals surface area contributed by atoms with Gasteiger partial charge in [-0.05, 0) is 6.42 Å². The summed E-state index contributed by atoms with van der Waals surface area (Å²) in [6.07, 6.45) is 0.552. The van der Waals surface area contributed by atoms with Crippen LogP contribution >= 0.6 is 0 Å². The minimum atomic E-state index is -1.30. The van der Waals surface area contributed by atoms with E-state index in [9.17, 15) is 14.4 Å². The molecule has 0 aromatic rings. The fourth-order valence-electron chi connectivity index (χ4n) is 2.32. The molecule has 0 aromatic carbocycles. The molecule has 0 radical (unpaired) electrons. The second kappa shape index (κ2) is 5.52. The number of allylic oxidation sites excluding steroid dienone is 1. The second-order valence-corrected chi connectivity index (χ2v) is 4.21. The lowest BCUT2D eigenvalue weighted by Gasteiger charge is -2.22. The third-order valence-corrected chi connectivity index (χ3v) is 2.98. The molecule has 1 rings (SSSR count). The van der Waals surface area contributed by atoms with Gasteiger partial charge in [0.1, 0.15) is 6.04 Å². The van der Waals surface area contributed by atoms with Crippen LogP contribution < -0.4 is 5.32 Å². The molecule has 2 amide bonds. The van der Waals surface area contributed by atoms with Crippen LogP contribution in [0.15, 0.2) is 12.7 Å². The Bertz CT molecular complexity index is 382. The van der Waals surface area contributed by atoms with Crippen molar-refractivity contribution in [2.45, 2.75) is 25.4 Å². The van der Waals surface area contributed by atoms with Crippen LogP contribution in [0.1, 0.15) is 13.3 Å². The van der Waals surface area contributed by atoms with Gasteiger partial charge in [0.2, 0.25) is 5.91 Å². The predicted octanol–water partition coefficient (Wildman–Crippen LogP) is 0.130. The second-order valence-electron chi connectivity index (χ2n) is 4.21. The molecule has 0 aliphatic carbocycles. The zero-order chi connectivity index (χ0) is 13.9. The highest BCUT2D eigenvalue weighted by atomic mass is 16.4. The van der Waals surface area contributed by atoms with Gasteiger partial charge in [-0.25, -0.2) is 9.59 Å². The Kier molecular flexibility index (Phi) is 4.30. The van der Waals surface area contributed by atoms with Gasteiger partial charge in [0.25, 0.3) is 0 Å². The van der Waals surface area contributed by atoms with E-state index in [0.29, 0.717) is 6.42 Å². The first-order chi connectivity index (χ1) is 8.38. The molecule has 7 nitrogen and oxygen atoms in total. The maximum absolute atomic E-state index is 11.2. The first-order valence-electron chi connectivity index (χ1n) is 5.48. The van der Waals surface area contributed by atoms with Gasteiger partial charge in [-0.1, -0.05) is 6.08 Å². The maximum atomic E-state index is 11.2. The highest BCUT2D eigenvalue weighted by Gasteiger charge is 2.47. The lowest BCUT2D eigenvalue weighted by Crippen LogP contribution is -2.43. The molecular formula is C11H16N2O5. The summed E-state index contributed by atoms with van der Waals surface area (Å²) in [5, 5.41) is 20.7. The molecule has 3 atom stereocenters. The van der Waals surface area contributed by atoms with E-state index in [0.717, 1.165) is 4.90 Å². The van der Waals surface area contributed by atoms with Crippen molar-refractivity contribution in [1.82, 2.24) is 10.2 Å². The molecule has 0 unspecified atom stereocenters. The van der Waals surface area contributed by atoms with E-state index in [4.69, 9.17) is 10.2 Å². The quantitative estimate of drug-likeness (QED) is 0.620. The maximum Gasteiger partial charge on any atom is 0.408 e. The molecule has 100 valence electrons. The molecule has 0 bridgehead atoms. The molecule has 1 aliphatic rings. The van der Waals surface area contributed by atoms with Crippen LogP contribution in [0, 0.1) is 5.92 Å². The minimum Gasteiger partial charge on any atom is -0.480 e. The van der Waals surface area contributed by atoms with Gasteiger partial charge in [0, 0.05) is 19.4 Å². The topological polar surface area (TPSA) is 107 Å². The summed E-state index contributed by atoms with van der Waals surface area (Å²) in [4.78, 5) is 34.1. The molecule has 18 heavy (non-hydrogen) atoms. The molecule has 0 aromatic heterocycles. The Hall–Kier alpha value is -2.05. The van der Waals surface area contributed by atoms with Crippen LogP contribution in [0.5, 0.6) is 0 Å². The number of amides is 2. The number of aliphatic carboxylic acids is 1. The molecule has 1 aliphatic heterocycles. The molecule has 1 fully saturated rings. The van der Waals surface area contributed by atoms with Crippen LogP contribution in [-0.2, 0) is 9.59 Å². The van der Waals surface area contributed by atoms with Crippen molar-refractivity contribution in [3.63, 3.8) is 0 Å². The number of nitrogens with zero attached hydrogens (tertiary/aromatic N) is 1. The fraction of sp³-hybridized carbons (Fsp3) is 0.545. The summed E-state index contributed by atoms with van der Waals surface area (Å²) < 4.78 is 0. The standard InChI is InChI=1S/C11H16N2O5/c1-3-4-7-8(12-6(2)14)5-13(11(17)18)9(7)10(15)16/h3,7-9H,1,4-5H2,2H3,(H,12,14)(H,15,16)(H,17,18)/t7-,8+,9+/m1/s1. The summed E-state index contributed by atoms with van der Waals surface area (Å²) in [6, 6.07) is -1.66. The summed E-state index contributed by atoms with van der Waals surface area (Å²) in [6.45, 7) is 4.82. The van der Waals surface area contributed by atoms with Crippen molar-refractivity contribution >= 4 is 18.0 Å². The molecule has 0 spiro atoms. The highest BCUT2D eigenvalue weighted by molar-refractivity contribution is 5.81. The molecule has 7 heteroatoms. The van der Waals surface area contributed by atoms with Gasteiger partial charge < -0.3 is 15.5 Å². The van der Waals surface area contributed by atoms with Gasteiger partial charge >= 0.3 is 12.1 Å². The number of carbonyl (C=O) groups is 3. The van der Waals surface area contributed by atoms with E-state index < -0.39 is 30.1 Å². The van der Waals surface area contributed by atoms with Crippen LogP contribution in [-0.4, -0.2) is 51.7 Å². The molecule has 1 saturated heterocycles. The first-order valence-corrected chi connectivity index (χ1v) is 5.48. The summed E-state index contributed by atoms with van der Waals surface area (Å²) in [7, 11) is 0. The van der Waals surface area contributed by atoms with E-state index in [1.165, 1.54) is 13.0 Å². The van der Waals surface area contributed by atoms with Crippen LogP contribution in [0.4, 0.5) is 4.79 Å². The predicted molar refractivity (Wildman–Crippen MR) is 62.1 cm³/mol. The number of carbonyl (C=O) groups excluding carboxylic acids is 1. The Balaban J connectivity index is 3.00. The van der Waals surface area contributed by atoms with E-state index in [1.807, 2.05) is 0 Å². The molecular weight excluding hydrogens is 240 g/mol. The number of hydrogen-bond donors (Lipinski definition) is 3. The number of rotatable bonds is 4. The van der Waals surface area contributed by atoms with Gasteiger partial charge in [-0.2, -0.15) is 0 Å². The Morgan fingerprint density at radius 2 is 2.06 bits per heavy atom. The Morgan fingerprint density at radius 1 is 1.44 bits per heavy atom. The number of carboxylic acid groups (broad SMARTS) is 2. The van der Waals surface area contributed by atoms with Gasteiger partial charge in [-0.3, -0.25) is 9.69 Å². The SMILES string of the molecule is C=CC[C@@H]1[C@@H](NC(C)=O)CN(C(=O)O)[C@@H]1C(=O)O. The zero-order valence-corrected chi connectivity index (χ0v) is 10.00. The average Bonchev–Trinajstić information content (AvgIpc) is 2.57. The van der Waals surface area contributed by atoms with Crippen molar-refractivity contribution in [2.24, 2.45) is 5.92 Å². The molecule has 3 N–H and O–H groups in total. The summed E-state index contributed by atoms with van der Waals surface area (Å²) in [5.74, 6) is -2.03. The van der Waals surface area contributed by atoms with Crippen LogP contribution in [0.2, 0.25) is 0 Å². The molecule has 1 heterocycles. The zero-order valence-electron chi connectivity index (χ0n) is 10.00. The van der Waals surface area contributed by atoms with Crippen molar-refractivity contribution < 1.29 is 24.6 Å². The Morgan fingerprint density at radius 3 is 2.44 bits per heavy atom. The van der Waals surface area contributed by atoms with Gasteiger partial charge in [0.15, 0.2) is 0 Å². The monoisotopic (exact) mass is 256 g/mol. The third-order valence-electron chi connectivity index (χ3n) is 2.98. The number of likely N-dealkylation sites (tertiary alicyclic amines) is 1. The molecule has 0 saturated carbocycles. The Labute approximate surface area is 104 Å². The summed E-state index contributed by atoms with van der Waals surface area (Å²) in [5.41, 5.74) is 0. The van der Waals surface area contributed by atoms with E-state index >= 15 is 0 Å². The van der Waals surface area contributed by atoms with Crippen LogP contribution in [0.3, 0.4) is 0 Å². The van der Waals surface area contributed by atoms with Crippen molar-refractivity contribution in [3.8, 4) is 0 Å². The number of hydrogen-bond acceptors (Lipinski definition) is 3. The number of carboxylic acids is 1. The van der Waals surface area contributed by atoms with Gasteiger partial charge in [0.05, 0.1) is 6.04 Å². The van der Waals surface area contributed by atoms with Crippen LogP contribution in [0.25, 0.3) is 0 Å². The first kappa shape index (κ1) is 14.0. The van der Waals surface area contributed by atoms with E-state index in [2.05, 4.69) is 11.9 Å². The fourth-order valence-corrected chi connectivity index (χ4v) is 2.32. The minimum absolute atomic E-state index is 0.0234. The normalized spacial score (nSPS) is 26.7. The van der Waals surface area contributed by atoms with Crippen molar-refractivity contribution in [3.05, 3.63) is 12.7 Å². The average molecular weight is 256 g/mol. The smallest absolute Gasteiger partial charge is 0.408 e.